The van der Waals surface area contributed by atoms with Crippen LogP contribution in [0.25, 0.3) is 10.9 Å². The number of aromatic amines is 1. The summed E-state index contributed by atoms with van der Waals surface area (Å²) in [6.45, 7) is 8.25. The van der Waals surface area contributed by atoms with Crippen LogP contribution in [0.2, 0.25) is 5.04 Å². The number of ether oxygens (including phenoxy) is 1. The van der Waals surface area contributed by atoms with Crippen LogP contribution >= 0.6 is 11.3 Å². The number of halogens is 3. The van der Waals surface area contributed by atoms with Crippen LogP contribution in [0.15, 0.2) is 91.0 Å². The van der Waals surface area contributed by atoms with Gasteiger partial charge in [0, 0.05) is 41.8 Å². The van der Waals surface area contributed by atoms with E-state index in [0.717, 1.165) is 32.5 Å². The van der Waals surface area contributed by atoms with Gasteiger partial charge in [-0.3, -0.25) is 4.90 Å². The molecule has 7 rings (SSSR count). The second kappa shape index (κ2) is 12.8. The van der Waals surface area contributed by atoms with Gasteiger partial charge in [0.05, 0.1) is 24.1 Å². The lowest BCUT2D eigenvalue weighted by Crippen LogP contribution is -2.67. The van der Waals surface area contributed by atoms with Crippen molar-refractivity contribution in [3.05, 3.63) is 113 Å². The van der Waals surface area contributed by atoms with Gasteiger partial charge in [-0.25, -0.2) is 13.2 Å². The van der Waals surface area contributed by atoms with Gasteiger partial charge in [-0.05, 0) is 40.4 Å². The molecule has 2 aromatic heterocycles. The van der Waals surface area contributed by atoms with Crippen molar-refractivity contribution in [1.82, 2.24) is 15.2 Å². The number of rotatable bonds is 10. The maximum atomic E-state index is 16.7. The van der Waals surface area contributed by atoms with Crippen LogP contribution in [-0.2, 0) is 10.8 Å². The Morgan fingerprint density at radius 1 is 0.917 bits per heavy atom. The van der Waals surface area contributed by atoms with E-state index in [1.165, 1.54) is 17.4 Å². The fraction of sp³-hybridized carbons (Fsp3) is 0.368. The number of hydrogen-bond donors (Lipinski definition) is 2. The van der Waals surface area contributed by atoms with E-state index in [9.17, 15) is 0 Å². The molecule has 4 heterocycles. The highest BCUT2D eigenvalue weighted by Gasteiger charge is 2.52. The van der Waals surface area contributed by atoms with Crippen LogP contribution in [0.5, 0.6) is 5.06 Å². The van der Waals surface area contributed by atoms with Gasteiger partial charge < -0.3 is 19.5 Å². The summed E-state index contributed by atoms with van der Waals surface area (Å²) in [4.78, 5) is 5.63. The SMILES string of the molecule is C[C@@H]1Cc2c([nH]c3ccccc23)[C@@H](c2sc(OC3CNC3)cc2F)N1CC(F)(F)CO[Si](c1ccccc1)(c1ccccc1)C(C)(C)C. The molecule has 0 spiro atoms. The van der Waals surface area contributed by atoms with Gasteiger partial charge in [0.2, 0.25) is 0 Å². The number of nitrogens with zero attached hydrogens (tertiary/aromatic N) is 1. The fourth-order valence-corrected chi connectivity index (χ4v) is 13.1. The lowest BCUT2D eigenvalue weighted by molar-refractivity contribution is -0.0820. The molecule has 48 heavy (non-hydrogen) atoms. The second-order valence-electron chi connectivity index (χ2n) is 14.2. The number of hydrogen-bond acceptors (Lipinski definition) is 5. The summed E-state index contributed by atoms with van der Waals surface area (Å²) in [5, 5.41) is 6.12. The van der Waals surface area contributed by atoms with Gasteiger partial charge in [-0.1, -0.05) is 111 Å². The Hall–Kier alpha value is -3.41. The van der Waals surface area contributed by atoms with Gasteiger partial charge in [-0.15, -0.1) is 0 Å². The van der Waals surface area contributed by atoms with Crippen molar-refractivity contribution in [2.45, 2.75) is 63.3 Å². The van der Waals surface area contributed by atoms with Crippen molar-refractivity contribution in [3.63, 3.8) is 0 Å². The molecule has 1 fully saturated rings. The zero-order chi connectivity index (χ0) is 33.7. The number of aromatic nitrogens is 1. The smallest absolute Gasteiger partial charge is 0.282 e. The van der Waals surface area contributed by atoms with Crippen LogP contribution in [0.3, 0.4) is 0 Å². The van der Waals surface area contributed by atoms with E-state index in [2.05, 4.69) is 31.1 Å². The maximum Gasteiger partial charge on any atom is 0.282 e. The Morgan fingerprint density at radius 3 is 2.15 bits per heavy atom. The topological polar surface area (TPSA) is 49.5 Å². The molecular weight excluding hydrogens is 648 g/mol. The van der Waals surface area contributed by atoms with E-state index in [4.69, 9.17) is 9.16 Å². The molecule has 2 N–H and O–H groups in total. The molecule has 10 heteroatoms. The third-order valence-corrected chi connectivity index (χ3v) is 15.8. The fourth-order valence-electron chi connectivity index (χ4n) is 7.44. The standard InChI is InChI=1S/C38H42F3N3O2SSi/c1-25-19-30-29-17-11-12-18-32(29)43-34(30)35(36-31(39)20-33(47-36)46-26-21-42-22-26)44(25)23-38(40,41)24-45-48(37(2,3)4,27-13-7-5-8-14-27)28-15-9-6-10-16-28/h5-18,20,25-26,35,42-43H,19,21-24H2,1-4H3/t25-,35+/m1/s1. The van der Waals surface area contributed by atoms with Crippen LogP contribution in [0.4, 0.5) is 13.2 Å². The monoisotopic (exact) mass is 689 g/mol. The number of thiophene rings is 1. The van der Waals surface area contributed by atoms with Gasteiger partial charge in [0.25, 0.3) is 14.2 Å². The number of alkyl halides is 2. The summed E-state index contributed by atoms with van der Waals surface area (Å²) >= 11 is 1.21. The predicted octanol–water partition coefficient (Wildman–Crippen LogP) is 7.27. The summed E-state index contributed by atoms with van der Waals surface area (Å²) in [5.74, 6) is -3.68. The molecule has 2 atom stereocenters. The summed E-state index contributed by atoms with van der Waals surface area (Å²) in [6, 6.07) is 28.0. The zero-order valence-electron chi connectivity index (χ0n) is 27.7. The third kappa shape index (κ3) is 6.02. The lowest BCUT2D eigenvalue weighted by Gasteiger charge is -2.45. The van der Waals surface area contributed by atoms with Crippen LogP contribution in [-0.4, -0.2) is 62.5 Å². The summed E-state index contributed by atoms with van der Waals surface area (Å²) in [5.41, 5.74) is 2.72. The minimum atomic E-state index is -3.24. The van der Waals surface area contributed by atoms with Crippen molar-refractivity contribution in [1.29, 1.82) is 0 Å². The van der Waals surface area contributed by atoms with E-state index < -0.39 is 44.3 Å². The highest BCUT2D eigenvalue weighted by atomic mass is 32.1. The van der Waals surface area contributed by atoms with Crippen LogP contribution in [0, 0.1) is 5.82 Å². The molecule has 5 aromatic rings. The normalized spacial score (nSPS) is 19.3. The Labute approximate surface area is 285 Å². The number of benzene rings is 3. The lowest BCUT2D eigenvalue weighted by atomic mass is 9.91. The molecule has 2 aliphatic rings. The molecule has 0 aliphatic carbocycles. The Morgan fingerprint density at radius 2 is 1.54 bits per heavy atom. The number of H-pyrrole nitrogens is 1. The maximum absolute atomic E-state index is 16.7. The first-order valence-electron chi connectivity index (χ1n) is 16.6. The molecule has 252 valence electrons. The van der Waals surface area contributed by atoms with Crippen molar-refractivity contribution in [2.24, 2.45) is 0 Å². The van der Waals surface area contributed by atoms with E-state index >= 15 is 13.2 Å². The largest absolute Gasteiger partial charge is 0.478 e. The molecule has 0 radical (unpaired) electrons. The molecule has 0 bridgehead atoms. The van der Waals surface area contributed by atoms with Gasteiger partial charge in [-0.2, -0.15) is 0 Å². The molecule has 0 unspecified atom stereocenters. The average Bonchev–Trinajstić information content (AvgIpc) is 3.59. The molecule has 3 aromatic carbocycles. The van der Waals surface area contributed by atoms with Crippen molar-refractivity contribution in [3.8, 4) is 5.06 Å². The Balaban J connectivity index is 1.25. The highest BCUT2D eigenvalue weighted by molar-refractivity contribution is 7.14. The van der Waals surface area contributed by atoms with Crippen molar-refractivity contribution in [2.75, 3.05) is 26.2 Å². The number of fused-ring (bicyclic) bond motifs is 3. The van der Waals surface area contributed by atoms with Gasteiger partial charge in [0.15, 0.2) is 5.06 Å². The van der Waals surface area contributed by atoms with Crippen LogP contribution in [0.1, 0.15) is 49.9 Å². The molecule has 0 amide bonds. The van der Waals surface area contributed by atoms with E-state index in [0.29, 0.717) is 29.5 Å². The average molecular weight is 690 g/mol. The van der Waals surface area contributed by atoms with E-state index in [1.54, 1.807) is 4.90 Å². The Bertz CT molecular complexity index is 1830. The quantitative estimate of drug-likeness (QED) is 0.152. The van der Waals surface area contributed by atoms with Crippen LogP contribution < -0.4 is 20.4 Å². The van der Waals surface area contributed by atoms with Crippen molar-refractivity contribution >= 4 is 40.9 Å². The first-order valence-corrected chi connectivity index (χ1v) is 19.3. The predicted molar refractivity (Wildman–Crippen MR) is 190 cm³/mol. The van der Waals surface area contributed by atoms with Gasteiger partial charge in [0.1, 0.15) is 11.9 Å². The van der Waals surface area contributed by atoms with Crippen molar-refractivity contribution < 1.29 is 22.3 Å². The Kier molecular flexibility index (Phi) is 8.83. The summed E-state index contributed by atoms with van der Waals surface area (Å²) < 4.78 is 62.0. The second-order valence-corrected chi connectivity index (χ2v) is 19.5. The zero-order valence-corrected chi connectivity index (χ0v) is 29.6. The molecule has 1 saturated heterocycles. The minimum absolute atomic E-state index is 0.0242. The van der Waals surface area contributed by atoms with Gasteiger partial charge >= 0.3 is 0 Å². The highest BCUT2D eigenvalue weighted by Crippen LogP contribution is 2.47. The van der Waals surface area contributed by atoms with E-state index in [-0.39, 0.29) is 12.1 Å². The number of para-hydroxylation sites is 1. The molecule has 5 nitrogen and oxygen atoms in total. The summed E-state index contributed by atoms with van der Waals surface area (Å²) in [6.07, 6.45) is 0.537. The first kappa shape index (κ1) is 33.1. The molecule has 0 saturated carbocycles. The molecular formula is C38H42F3N3O2SSi. The minimum Gasteiger partial charge on any atom is -0.478 e. The van der Waals surface area contributed by atoms with E-state index in [1.807, 2.05) is 91.9 Å². The number of nitrogens with one attached hydrogen (secondary N) is 2. The first-order chi connectivity index (χ1) is 23.0. The molecule has 2 aliphatic heterocycles. The third-order valence-electron chi connectivity index (χ3n) is 9.81. The summed E-state index contributed by atoms with van der Waals surface area (Å²) in [7, 11) is -3.21.